The molecule has 80 valence electrons. The fourth-order valence-electron chi connectivity index (χ4n) is 1.39. The number of nitrogens with zero attached hydrogens (tertiary/aromatic N) is 1. The van der Waals surface area contributed by atoms with Crippen LogP contribution in [0.3, 0.4) is 0 Å². The molecule has 2 rings (SSSR count). The van der Waals surface area contributed by atoms with Crippen LogP contribution in [0.1, 0.15) is 19.5 Å². The topological polar surface area (TPSA) is 46.3 Å². The fraction of sp³-hybridized carbons (Fsp3) is 0.300. The molecule has 0 bridgehead atoms. The van der Waals surface area contributed by atoms with E-state index in [4.69, 9.17) is 4.52 Å². The van der Waals surface area contributed by atoms with Crippen molar-refractivity contribution in [2.24, 2.45) is 0 Å². The first-order valence-corrected chi connectivity index (χ1v) is 4.85. The zero-order valence-electron chi connectivity index (χ0n) is 8.28. The Balaban J connectivity index is 2.75. The smallest absolute Gasteiger partial charge is 0.170 e. The summed E-state index contributed by atoms with van der Waals surface area (Å²) in [6.07, 6.45) is 0. The molecule has 0 aliphatic rings. The lowest BCUT2D eigenvalue weighted by Crippen LogP contribution is -2.16. The van der Waals surface area contributed by atoms with Crippen LogP contribution < -0.4 is 0 Å². The third-order valence-corrected chi connectivity index (χ3v) is 2.46. The highest BCUT2D eigenvalue weighted by molar-refractivity contribution is 7.80. The van der Waals surface area contributed by atoms with E-state index in [1.54, 1.807) is 13.8 Å². The Kier molecular flexibility index (Phi) is 2.24. The van der Waals surface area contributed by atoms with Crippen molar-refractivity contribution in [3.8, 4) is 0 Å². The van der Waals surface area contributed by atoms with E-state index >= 15 is 0 Å². The van der Waals surface area contributed by atoms with E-state index in [0.29, 0.717) is 16.7 Å². The van der Waals surface area contributed by atoms with Crippen LogP contribution in [0.15, 0.2) is 21.6 Å². The quantitative estimate of drug-likeness (QED) is 0.736. The molecule has 0 aliphatic carbocycles. The Morgan fingerprint density at radius 2 is 2.13 bits per heavy atom. The molecule has 3 nitrogen and oxygen atoms in total. The number of rotatable bonds is 1. The van der Waals surface area contributed by atoms with Gasteiger partial charge in [-0.3, -0.25) is 0 Å². The van der Waals surface area contributed by atoms with Crippen LogP contribution in [0.4, 0.5) is 4.39 Å². The maximum absolute atomic E-state index is 13.1. The van der Waals surface area contributed by atoms with Gasteiger partial charge in [-0.15, -0.1) is 12.6 Å². The molecule has 0 radical (unpaired) electrons. The maximum atomic E-state index is 13.1. The summed E-state index contributed by atoms with van der Waals surface area (Å²) >= 11 is 3.97. The Hall–Kier alpha value is -1.07. The fourth-order valence-corrected chi connectivity index (χ4v) is 1.58. The molecule has 5 heteroatoms. The highest BCUT2D eigenvalue weighted by atomic mass is 32.1. The first kappa shape index (κ1) is 10.4. The second-order valence-corrected chi connectivity index (χ2v) is 4.37. The van der Waals surface area contributed by atoms with Gasteiger partial charge < -0.3 is 9.63 Å². The van der Waals surface area contributed by atoms with Gasteiger partial charge in [-0.2, -0.15) is 0 Å². The summed E-state index contributed by atoms with van der Waals surface area (Å²) < 4.78 is 18.1. The van der Waals surface area contributed by atoms with Crippen LogP contribution in [0.25, 0.3) is 11.0 Å². The van der Waals surface area contributed by atoms with E-state index in [2.05, 4.69) is 17.8 Å². The van der Waals surface area contributed by atoms with Gasteiger partial charge in [-0.05, 0) is 19.9 Å². The van der Waals surface area contributed by atoms with Crippen molar-refractivity contribution in [1.29, 1.82) is 0 Å². The van der Waals surface area contributed by atoms with E-state index < -0.39 is 11.4 Å². The van der Waals surface area contributed by atoms with Crippen molar-refractivity contribution in [2.75, 3.05) is 0 Å². The second kappa shape index (κ2) is 3.21. The Bertz CT molecular complexity index is 516. The zero-order chi connectivity index (χ0) is 11.2. The molecule has 1 aromatic heterocycles. The van der Waals surface area contributed by atoms with Crippen molar-refractivity contribution >= 4 is 23.6 Å². The van der Waals surface area contributed by atoms with Gasteiger partial charge in [0.05, 0.1) is 0 Å². The second-order valence-electron chi connectivity index (χ2n) is 3.89. The Morgan fingerprint density at radius 1 is 1.47 bits per heavy atom. The predicted octanol–water partition coefficient (Wildman–Crippen LogP) is 2.48. The van der Waals surface area contributed by atoms with Crippen molar-refractivity contribution in [3.63, 3.8) is 0 Å². The number of halogens is 1. The van der Waals surface area contributed by atoms with Gasteiger partial charge in [0.2, 0.25) is 0 Å². The summed E-state index contributed by atoms with van der Waals surface area (Å²) in [6, 6.07) is 2.71. The van der Waals surface area contributed by atoms with E-state index in [0.717, 1.165) is 0 Å². The molecule has 0 amide bonds. The molecular weight excluding hydrogens is 217 g/mol. The summed E-state index contributed by atoms with van der Waals surface area (Å²) in [4.78, 5) is 0.205. The largest absolute Gasteiger partial charge is 0.384 e. The average molecular weight is 227 g/mol. The molecule has 0 unspecified atom stereocenters. The van der Waals surface area contributed by atoms with Gasteiger partial charge in [0.25, 0.3) is 0 Å². The molecular formula is C10H10FNO2S. The van der Waals surface area contributed by atoms with Gasteiger partial charge in [0.15, 0.2) is 5.58 Å². The van der Waals surface area contributed by atoms with Crippen LogP contribution in [-0.4, -0.2) is 10.3 Å². The van der Waals surface area contributed by atoms with Gasteiger partial charge in [-0.25, -0.2) is 4.39 Å². The van der Waals surface area contributed by atoms with E-state index in [1.165, 1.54) is 12.1 Å². The predicted molar refractivity (Wildman–Crippen MR) is 56.5 cm³/mol. The summed E-state index contributed by atoms with van der Waals surface area (Å²) in [5.41, 5.74) is -0.432. The standard InChI is InChI=1S/C10H10FNO2S/c1-10(2,13)9-5-3-8(15)6(11)4-7(5)14-12-9/h3-4,13,15H,1-2H3. The zero-order valence-corrected chi connectivity index (χ0v) is 9.18. The number of benzene rings is 1. The SMILES string of the molecule is CC(C)(O)c1noc2cc(F)c(S)cc12. The Morgan fingerprint density at radius 3 is 2.73 bits per heavy atom. The molecule has 1 aromatic carbocycles. The first-order valence-electron chi connectivity index (χ1n) is 4.40. The third-order valence-electron chi connectivity index (χ3n) is 2.12. The summed E-state index contributed by atoms with van der Waals surface area (Å²) in [5.74, 6) is -0.468. The van der Waals surface area contributed by atoms with Crippen LogP contribution in [0.2, 0.25) is 0 Å². The average Bonchev–Trinajstić information content (AvgIpc) is 2.47. The number of thiol groups is 1. The highest BCUT2D eigenvalue weighted by Gasteiger charge is 2.24. The number of aliphatic hydroxyl groups is 1. The molecule has 0 aliphatic heterocycles. The lowest BCUT2D eigenvalue weighted by molar-refractivity contribution is 0.0716. The molecule has 15 heavy (non-hydrogen) atoms. The monoisotopic (exact) mass is 227 g/mol. The van der Waals surface area contributed by atoms with Crippen LogP contribution in [0.5, 0.6) is 0 Å². The summed E-state index contributed by atoms with van der Waals surface area (Å²) in [6.45, 7) is 3.18. The summed E-state index contributed by atoms with van der Waals surface area (Å²) in [7, 11) is 0. The lowest BCUT2D eigenvalue weighted by atomic mass is 10.0. The number of fused-ring (bicyclic) bond motifs is 1. The summed E-state index contributed by atoms with van der Waals surface area (Å²) in [5, 5.41) is 14.1. The van der Waals surface area contributed by atoms with E-state index in [1.807, 2.05) is 0 Å². The lowest BCUT2D eigenvalue weighted by Gasteiger charge is -2.13. The first-order chi connectivity index (χ1) is 6.89. The molecule has 0 atom stereocenters. The van der Waals surface area contributed by atoms with Gasteiger partial charge >= 0.3 is 0 Å². The Labute approximate surface area is 91.3 Å². The molecule has 1 heterocycles. The minimum Gasteiger partial charge on any atom is -0.384 e. The van der Waals surface area contributed by atoms with Crippen molar-refractivity contribution in [2.45, 2.75) is 24.3 Å². The molecule has 1 N–H and O–H groups in total. The molecule has 0 saturated carbocycles. The maximum Gasteiger partial charge on any atom is 0.170 e. The van der Waals surface area contributed by atoms with Crippen LogP contribution in [0, 0.1) is 5.82 Å². The van der Waals surface area contributed by atoms with E-state index in [9.17, 15) is 9.50 Å². The van der Waals surface area contributed by atoms with Crippen molar-refractivity contribution in [1.82, 2.24) is 5.16 Å². The van der Waals surface area contributed by atoms with E-state index in [-0.39, 0.29) is 4.90 Å². The number of hydrogen-bond donors (Lipinski definition) is 2. The van der Waals surface area contributed by atoms with Crippen molar-refractivity contribution < 1.29 is 14.0 Å². The molecule has 0 spiro atoms. The molecule has 0 saturated heterocycles. The van der Waals surface area contributed by atoms with Crippen molar-refractivity contribution in [3.05, 3.63) is 23.6 Å². The van der Waals surface area contributed by atoms with Gasteiger partial charge in [-0.1, -0.05) is 5.16 Å². The number of hydrogen-bond acceptors (Lipinski definition) is 4. The normalized spacial score (nSPS) is 12.3. The minimum absolute atomic E-state index is 0.205. The van der Waals surface area contributed by atoms with Gasteiger partial charge in [0.1, 0.15) is 17.1 Å². The third kappa shape index (κ3) is 1.72. The van der Waals surface area contributed by atoms with Crippen LogP contribution >= 0.6 is 12.6 Å². The molecule has 2 aromatic rings. The van der Waals surface area contributed by atoms with Crippen LogP contribution in [-0.2, 0) is 5.60 Å². The molecule has 0 fully saturated rings. The van der Waals surface area contributed by atoms with Gasteiger partial charge in [0, 0.05) is 16.3 Å². The number of aromatic nitrogens is 1. The highest BCUT2D eigenvalue weighted by Crippen LogP contribution is 2.30. The minimum atomic E-state index is -1.12.